The van der Waals surface area contributed by atoms with Crippen LogP contribution in [0.1, 0.15) is 67.1 Å². The molecule has 0 spiro atoms. The highest BCUT2D eigenvalue weighted by Crippen LogP contribution is 2.15. The number of ether oxygens (including phenoxy) is 3. The van der Waals surface area contributed by atoms with E-state index >= 15 is 0 Å². The topological polar surface area (TPSA) is 120 Å². The molecule has 0 aliphatic rings. The molecule has 2 aromatic rings. The molecule has 0 radical (unpaired) electrons. The van der Waals surface area contributed by atoms with Gasteiger partial charge in [0.05, 0.1) is 11.6 Å². The van der Waals surface area contributed by atoms with Gasteiger partial charge in [-0.15, -0.1) is 0 Å². The van der Waals surface area contributed by atoms with Gasteiger partial charge in [0.25, 0.3) is 0 Å². The predicted molar refractivity (Wildman–Crippen MR) is 143 cm³/mol. The fourth-order valence-corrected chi connectivity index (χ4v) is 3.64. The van der Waals surface area contributed by atoms with Crippen molar-refractivity contribution in [1.29, 1.82) is 0 Å². The van der Waals surface area contributed by atoms with Gasteiger partial charge in [-0.2, -0.15) is 0 Å². The van der Waals surface area contributed by atoms with Crippen molar-refractivity contribution < 1.29 is 33.4 Å². The average Bonchev–Trinajstić information content (AvgIpc) is 2.84. The number of rotatable bonds is 12. The molecule has 2 aromatic carbocycles. The van der Waals surface area contributed by atoms with Gasteiger partial charge in [-0.1, -0.05) is 48.5 Å². The number of hydrogen-bond acceptors (Lipinski definition) is 7. The lowest BCUT2D eigenvalue weighted by atomic mass is 10.0. The monoisotopic (exact) mass is 526 g/mol. The third-order valence-corrected chi connectivity index (χ3v) is 5.51. The number of carbonyl (C=O) groups is 4. The molecule has 0 aliphatic carbocycles. The molecule has 0 heterocycles. The number of ketones is 1. The number of esters is 1. The minimum atomic E-state index is -0.925. The maximum absolute atomic E-state index is 13.0. The molecule has 38 heavy (non-hydrogen) atoms. The Kier molecular flexibility index (Phi) is 11.8. The zero-order chi connectivity index (χ0) is 28.1. The Hall–Kier alpha value is -3.88. The molecule has 0 fully saturated rings. The molecular formula is C29H38N2O7. The van der Waals surface area contributed by atoms with Crippen LogP contribution < -0.4 is 10.6 Å². The summed E-state index contributed by atoms with van der Waals surface area (Å²) in [7, 11) is 0. The average molecular weight is 527 g/mol. The van der Waals surface area contributed by atoms with Crippen molar-refractivity contribution in [2.24, 2.45) is 0 Å². The molecule has 0 aliphatic heterocycles. The summed E-state index contributed by atoms with van der Waals surface area (Å²) >= 11 is 0. The second-order valence-corrected chi connectivity index (χ2v) is 9.99. The van der Waals surface area contributed by atoms with Crippen molar-refractivity contribution in [3.8, 4) is 0 Å². The minimum absolute atomic E-state index is 0.0505. The number of unbranched alkanes of at least 4 members (excludes halogenated alkanes) is 1. The van der Waals surface area contributed by atoms with Crippen LogP contribution in [0.4, 0.5) is 9.59 Å². The molecule has 0 saturated heterocycles. The van der Waals surface area contributed by atoms with Crippen molar-refractivity contribution >= 4 is 23.9 Å². The molecule has 0 aromatic heterocycles. The van der Waals surface area contributed by atoms with Crippen molar-refractivity contribution in [2.45, 2.75) is 72.1 Å². The molecule has 2 N–H and O–H groups in total. The predicted octanol–water partition coefficient (Wildman–Crippen LogP) is 5.02. The Balaban J connectivity index is 1.92. The summed E-state index contributed by atoms with van der Waals surface area (Å²) < 4.78 is 15.8. The summed E-state index contributed by atoms with van der Waals surface area (Å²) in [6, 6.07) is 13.7. The quantitative estimate of drug-likeness (QED) is 0.226. The van der Waals surface area contributed by atoms with Crippen LogP contribution in [0, 0.1) is 13.8 Å². The van der Waals surface area contributed by atoms with Crippen LogP contribution in [0.25, 0.3) is 0 Å². The lowest BCUT2D eigenvalue weighted by molar-refractivity contribution is -0.124. The van der Waals surface area contributed by atoms with Crippen molar-refractivity contribution in [3.63, 3.8) is 0 Å². The van der Waals surface area contributed by atoms with Gasteiger partial charge in [0.2, 0.25) is 0 Å². The van der Waals surface area contributed by atoms with Gasteiger partial charge in [0.15, 0.2) is 12.4 Å². The van der Waals surface area contributed by atoms with E-state index in [1.54, 1.807) is 46.8 Å². The van der Waals surface area contributed by atoms with E-state index in [0.29, 0.717) is 24.9 Å². The summed E-state index contributed by atoms with van der Waals surface area (Å²) in [5, 5.41) is 5.25. The minimum Gasteiger partial charge on any atom is -0.454 e. The Morgan fingerprint density at radius 2 is 1.50 bits per heavy atom. The first-order valence-corrected chi connectivity index (χ1v) is 12.7. The van der Waals surface area contributed by atoms with Gasteiger partial charge in [-0.25, -0.2) is 14.4 Å². The highest BCUT2D eigenvalue weighted by atomic mass is 16.6. The Morgan fingerprint density at radius 3 is 2.13 bits per heavy atom. The summed E-state index contributed by atoms with van der Waals surface area (Å²) in [5.74, 6) is -1.05. The van der Waals surface area contributed by atoms with Crippen LogP contribution in [0.2, 0.25) is 0 Å². The summed E-state index contributed by atoms with van der Waals surface area (Å²) in [6.07, 6.45) is 0.0596. The summed E-state index contributed by atoms with van der Waals surface area (Å²) in [6.45, 7) is 8.82. The first-order valence-electron chi connectivity index (χ1n) is 12.7. The lowest BCUT2D eigenvalue weighted by Gasteiger charge is -2.20. The van der Waals surface area contributed by atoms with E-state index in [1.807, 2.05) is 36.4 Å². The maximum atomic E-state index is 13.0. The van der Waals surface area contributed by atoms with Gasteiger partial charge in [0.1, 0.15) is 12.2 Å². The van der Waals surface area contributed by atoms with E-state index in [0.717, 1.165) is 16.7 Å². The standard InChI is InChI=1S/C29H38N2O7/c1-20-12-11-13-21(2)25(20)26(33)36-19-24(32)23(16-9-10-17-30-27(34)38-29(3,4)5)31-28(35)37-18-22-14-7-6-8-15-22/h6-8,11-15,23H,9-10,16-19H2,1-5H3,(H,30,34)(H,31,35)/t23-/m0/s1. The zero-order valence-corrected chi connectivity index (χ0v) is 22.8. The zero-order valence-electron chi connectivity index (χ0n) is 22.8. The van der Waals surface area contributed by atoms with E-state index in [4.69, 9.17) is 14.2 Å². The molecule has 9 nitrogen and oxygen atoms in total. The second-order valence-electron chi connectivity index (χ2n) is 9.99. The molecular weight excluding hydrogens is 488 g/mol. The number of alkyl carbamates (subject to hydrolysis) is 2. The van der Waals surface area contributed by atoms with Gasteiger partial charge in [0, 0.05) is 6.54 Å². The first kappa shape index (κ1) is 30.3. The Morgan fingerprint density at radius 1 is 0.842 bits per heavy atom. The number of nitrogens with one attached hydrogen (secondary N) is 2. The van der Waals surface area contributed by atoms with Gasteiger partial charge < -0.3 is 24.8 Å². The van der Waals surface area contributed by atoms with Crippen molar-refractivity contribution in [1.82, 2.24) is 10.6 Å². The van der Waals surface area contributed by atoms with Crippen LogP contribution >= 0.6 is 0 Å². The van der Waals surface area contributed by atoms with Crippen molar-refractivity contribution in [2.75, 3.05) is 13.2 Å². The number of hydrogen-bond donors (Lipinski definition) is 2. The first-order chi connectivity index (χ1) is 18.0. The van der Waals surface area contributed by atoms with Gasteiger partial charge in [-0.05, 0) is 70.6 Å². The normalized spacial score (nSPS) is 11.7. The smallest absolute Gasteiger partial charge is 0.408 e. The van der Waals surface area contributed by atoms with Crippen LogP contribution in [0.3, 0.4) is 0 Å². The Bertz CT molecular complexity index is 1070. The van der Waals surface area contributed by atoms with E-state index < -0.39 is 42.2 Å². The summed E-state index contributed by atoms with van der Waals surface area (Å²) in [4.78, 5) is 49.8. The third kappa shape index (κ3) is 11.0. The maximum Gasteiger partial charge on any atom is 0.408 e. The molecule has 9 heteroatoms. The molecule has 206 valence electrons. The lowest BCUT2D eigenvalue weighted by Crippen LogP contribution is -2.43. The van der Waals surface area contributed by atoms with Crippen molar-refractivity contribution in [3.05, 3.63) is 70.8 Å². The van der Waals surface area contributed by atoms with Crippen LogP contribution in [-0.2, 0) is 25.6 Å². The fourth-order valence-electron chi connectivity index (χ4n) is 3.64. The SMILES string of the molecule is Cc1cccc(C)c1C(=O)OCC(=O)[C@H](CCCCNC(=O)OC(C)(C)C)NC(=O)OCc1ccccc1. The summed E-state index contributed by atoms with van der Waals surface area (Å²) in [5.41, 5.74) is 2.12. The van der Waals surface area contributed by atoms with E-state index in [1.165, 1.54) is 0 Å². The molecule has 0 unspecified atom stereocenters. The van der Waals surface area contributed by atoms with E-state index in [2.05, 4.69) is 10.6 Å². The number of amides is 2. The highest BCUT2D eigenvalue weighted by molar-refractivity contribution is 5.95. The molecule has 0 bridgehead atoms. The molecule has 2 rings (SSSR count). The van der Waals surface area contributed by atoms with Crippen LogP contribution in [-0.4, -0.2) is 48.7 Å². The number of carbonyl (C=O) groups excluding carboxylic acids is 4. The number of Topliss-reactive ketones (excluding diaryl/α,β-unsaturated/α-hetero) is 1. The Labute approximate surface area is 224 Å². The third-order valence-electron chi connectivity index (χ3n) is 5.51. The number of benzene rings is 2. The highest BCUT2D eigenvalue weighted by Gasteiger charge is 2.24. The molecule has 0 saturated carbocycles. The van der Waals surface area contributed by atoms with E-state index in [9.17, 15) is 19.2 Å². The van der Waals surface area contributed by atoms with Crippen LogP contribution in [0.15, 0.2) is 48.5 Å². The molecule has 2 amide bonds. The fraction of sp³-hybridized carbons (Fsp3) is 0.448. The van der Waals surface area contributed by atoms with Gasteiger partial charge in [-0.3, -0.25) is 4.79 Å². The number of aryl methyl sites for hydroxylation is 2. The second kappa shape index (κ2) is 14.8. The van der Waals surface area contributed by atoms with Crippen LogP contribution in [0.5, 0.6) is 0 Å². The largest absolute Gasteiger partial charge is 0.454 e. The van der Waals surface area contributed by atoms with E-state index in [-0.39, 0.29) is 13.0 Å². The molecule has 1 atom stereocenters. The van der Waals surface area contributed by atoms with Gasteiger partial charge >= 0.3 is 18.2 Å².